The number of hydrogen-bond acceptors (Lipinski definition) is 4. The van der Waals surface area contributed by atoms with Gasteiger partial charge in [0.05, 0.1) is 10.7 Å². The zero-order valence-electron chi connectivity index (χ0n) is 14.1. The summed E-state index contributed by atoms with van der Waals surface area (Å²) >= 11 is 12.9. The predicted molar refractivity (Wildman–Crippen MR) is 118 cm³/mol. The van der Waals surface area contributed by atoms with Gasteiger partial charge in [0, 0.05) is 16.7 Å². The van der Waals surface area contributed by atoms with E-state index < -0.39 is 11.8 Å². The molecule has 0 unspecified atom stereocenters. The summed E-state index contributed by atoms with van der Waals surface area (Å²) in [5.41, 5.74) is 6.14. The van der Waals surface area contributed by atoms with Crippen molar-refractivity contribution in [1.82, 2.24) is 16.2 Å². The Hall–Kier alpha value is -2.17. The first-order valence-corrected chi connectivity index (χ1v) is 9.44. The van der Waals surface area contributed by atoms with E-state index in [1.807, 2.05) is 0 Å². The monoisotopic (exact) mass is 515 g/mol. The second-order valence-electron chi connectivity index (χ2n) is 5.13. The van der Waals surface area contributed by atoms with Gasteiger partial charge in [-0.1, -0.05) is 23.7 Å². The molecule has 0 saturated carbocycles. The molecule has 3 N–H and O–H groups in total. The van der Waals surface area contributed by atoms with Crippen LogP contribution in [0.2, 0.25) is 5.02 Å². The van der Waals surface area contributed by atoms with Gasteiger partial charge >= 0.3 is 0 Å². The lowest BCUT2D eigenvalue weighted by atomic mass is 10.2. The van der Waals surface area contributed by atoms with Crippen molar-refractivity contribution >= 4 is 69.4 Å². The van der Waals surface area contributed by atoms with Crippen LogP contribution < -0.4 is 20.9 Å². The Morgan fingerprint density at radius 1 is 1.15 bits per heavy atom. The smallest absolute Gasteiger partial charge is 0.269 e. The van der Waals surface area contributed by atoms with Crippen LogP contribution in [-0.2, 0) is 4.79 Å². The molecule has 0 aliphatic rings. The maximum absolute atomic E-state index is 12.1. The molecule has 0 aliphatic carbocycles. The van der Waals surface area contributed by atoms with E-state index in [0.29, 0.717) is 16.3 Å². The average molecular weight is 516 g/mol. The van der Waals surface area contributed by atoms with Gasteiger partial charge in [-0.3, -0.25) is 25.8 Å². The molecule has 9 heteroatoms. The van der Waals surface area contributed by atoms with E-state index in [1.165, 1.54) is 6.08 Å². The molecule has 140 valence electrons. The van der Waals surface area contributed by atoms with Gasteiger partial charge in [0.25, 0.3) is 5.91 Å². The highest BCUT2D eigenvalue weighted by Crippen LogP contribution is 2.21. The zero-order valence-corrected chi connectivity index (χ0v) is 17.8. The molecule has 0 bridgehead atoms. The van der Waals surface area contributed by atoms with Crippen molar-refractivity contribution in [2.24, 2.45) is 0 Å². The number of halogens is 2. The van der Waals surface area contributed by atoms with Crippen LogP contribution in [0.15, 0.2) is 48.5 Å². The minimum Gasteiger partial charge on any atom is -0.496 e. The van der Waals surface area contributed by atoms with Gasteiger partial charge in [-0.2, -0.15) is 0 Å². The van der Waals surface area contributed by atoms with Crippen molar-refractivity contribution in [3.8, 4) is 5.75 Å². The molecule has 27 heavy (non-hydrogen) atoms. The molecule has 2 rings (SSSR count). The summed E-state index contributed by atoms with van der Waals surface area (Å²) in [7, 11) is 1.56. The number of carbonyl (C=O) groups excluding carboxylic acids is 2. The van der Waals surface area contributed by atoms with Crippen molar-refractivity contribution < 1.29 is 14.3 Å². The summed E-state index contributed by atoms with van der Waals surface area (Å²) < 4.78 is 5.94. The van der Waals surface area contributed by atoms with E-state index in [1.54, 1.807) is 55.7 Å². The Morgan fingerprint density at radius 3 is 2.48 bits per heavy atom. The summed E-state index contributed by atoms with van der Waals surface area (Å²) in [4.78, 5) is 24.0. The largest absolute Gasteiger partial charge is 0.496 e. The van der Waals surface area contributed by atoms with E-state index in [-0.39, 0.29) is 5.11 Å². The number of ether oxygens (including phenoxy) is 1. The summed E-state index contributed by atoms with van der Waals surface area (Å²) in [6.45, 7) is 0. The summed E-state index contributed by atoms with van der Waals surface area (Å²) in [5, 5.41) is 3.02. The van der Waals surface area contributed by atoms with Gasteiger partial charge in [0.15, 0.2) is 5.11 Å². The number of methoxy groups -OCH3 is 1. The van der Waals surface area contributed by atoms with E-state index in [4.69, 9.17) is 28.6 Å². The molecule has 2 aromatic carbocycles. The van der Waals surface area contributed by atoms with Crippen molar-refractivity contribution in [2.75, 3.05) is 7.11 Å². The summed E-state index contributed by atoms with van der Waals surface area (Å²) in [6.07, 6.45) is 2.94. The first-order chi connectivity index (χ1) is 12.9. The molecule has 0 radical (unpaired) electrons. The lowest BCUT2D eigenvalue weighted by Crippen LogP contribution is -2.48. The van der Waals surface area contributed by atoms with Gasteiger partial charge < -0.3 is 4.74 Å². The van der Waals surface area contributed by atoms with E-state index in [0.717, 1.165) is 9.13 Å². The average Bonchev–Trinajstić information content (AvgIpc) is 2.65. The van der Waals surface area contributed by atoms with E-state index in [2.05, 4.69) is 38.8 Å². The van der Waals surface area contributed by atoms with Crippen LogP contribution in [0.1, 0.15) is 15.9 Å². The van der Waals surface area contributed by atoms with Crippen LogP contribution >= 0.6 is 46.4 Å². The molecule has 0 saturated heterocycles. The number of benzene rings is 2. The molecular formula is C18H15ClIN3O3S. The third-order valence-electron chi connectivity index (χ3n) is 3.24. The number of hydrazine groups is 1. The quantitative estimate of drug-likeness (QED) is 0.252. The molecule has 0 aliphatic heterocycles. The molecule has 6 nitrogen and oxygen atoms in total. The van der Waals surface area contributed by atoms with Crippen LogP contribution in [-0.4, -0.2) is 24.0 Å². The third kappa shape index (κ3) is 6.81. The first-order valence-electron chi connectivity index (χ1n) is 7.57. The molecule has 0 aromatic heterocycles. The summed E-state index contributed by atoms with van der Waals surface area (Å²) in [5.74, 6) is -0.157. The highest BCUT2D eigenvalue weighted by molar-refractivity contribution is 14.1. The SMILES string of the molecule is COc1ccc(C(=O)NNC(=S)NC(=O)/C=C/c2ccc(Cl)cc2)cc1I. The number of nitrogens with one attached hydrogen (secondary N) is 3. The second-order valence-corrected chi connectivity index (χ2v) is 7.14. The molecule has 0 fully saturated rings. The van der Waals surface area contributed by atoms with Crippen molar-refractivity contribution in [3.05, 3.63) is 68.3 Å². The van der Waals surface area contributed by atoms with Gasteiger partial charge in [-0.15, -0.1) is 0 Å². The van der Waals surface area contributed by atoms with Crippen molar-refractivity contribution in [3.63, 3.8) is 0 Å². The topological polar surface area (TPSA) is 79.5 Å². The van der Waals surface area contributed by atoms with E-state index in [9.17, 15) is 9.59 Å². The Morgan fingerprint density at radius 2 is 1.85 bits per heavy atom. The number of carbonyl (C=O) groups is 2. The van der Waals surface area contributed by atoms with Crippen LogP contribution in [0.25, 0.3) is 6.08 Å². The molecule has 0 heterocycles. The van der Waals surface area contributed by atoms with Gasteiger partial charge in [-0.05, 0) is 76.8 Å². The summed E-state index contributed by atoms with van der Waals surface area (Å²) in [6, 6.07) is 12.0. The van der Waals surface area contributed by atoms with Crippen LogP contribution in [0, 0.1) is 3.57 Å². The number of amides is 2. The minimum absolute atomic E-state index is 0.0303. The zero-order chi connectivity index (χ0) is 19.8. The Bertz CT molecular complexity index is 888. The number of hydrogen-bond donors (Lipinski definition) is 3. The molecule has 2 amide bonds. The van der Waals surface area contributed by atoms with Gasteiger partial charge in [-0.25, -0.2) is 0 Å². The Labute approximate surface area is 180 Å². The fourth-order valence-electron chi connectivity index (χ4n) is 1.92. The maximum atomic E-state index is 12.1. The fraction of sp³-hybridized carbons (Fsp3) is 0.0556. The normalized spacial score (nSPS) is 10.3. The molecule has 0 atom stereocenters. The Kier molecular flexibility index (Phi) is 8.01. The lowest BCUT2D eigenvalue weighted by Gasteiger charge is -2.10. The second kappa shape index (κ2) is 10.2. The molecule has 0 spiro atoms. The molecular weight excluding hydrogens is 501 g/mol. The molecule has 2 aromatic rings. The van der Waals surface area contributed by atoms with Crippen molar-refractivity contribution in [1.29, 1.82) is 0 Å². The Balaban J connectivity index is 1.82. The van der Waals surface area contributed by atoms with E-state index >= 15 is 0 Å². The van der Waals surface area contributed by atoms with Crippen LogP contribution in [0.3, 0.4) is 0 Å². The number of rotatable bonds is 4. The number of thiocarbonyl (C=S) groups is 1. The minimum atomic E-state index is -0.435. The van der Waals surface area contributed by atoms with Crippen molar-refractivity contribution in [2.45, 2.75) is 0 Å². The van der Waals surface area contributed by atoms with Gasteiger partial charge in [0.2, 0.25) is 5.91 Å². The lowest BCUT2D eigenvalue weighted by molar-refractivity contribution is -0.115. The highest BCUT2D eigenvalue weighted by atomic mass is 127. The predicted octanol–water partition coefficient (Wildman–Crippen LogP) is 3.30. The standard InChI is InChI=1S/C18H15ClIN3O3S/c1-26-15-8-5-12(10-14(15)20)17(25)22-23-18(27)21-16(24)9-4-11-2-6-13(19)7-3-11/h2-10H,1H3,(H,22,25)(H2,21,23,24,27)/b9-4+. The first kappa shape index (κ1) is 21.1. The third-order valence-corrected chi connectivity index (χ3v) is 4.54. The van der Waals surface area contributed by atoms with Crippen LogP contribution in [0.5, 0.6) is 5.75 Å². The van der Waals surface area contributed by atoms with Crippen LogP contribution in [0.4, 0.5) is 0 Å². The van der Waals surface area contributed by atoms with Gasteiger partial charge in [0.1, 0.15) is 5.75 Å². The fourth-order valence-corrected chi connectivity index (χ4v) is 2.94. The highest BCUT2D eigenvalue weighted by Gasteiger charge is 2.09. The maximum Gasteiger partial charge on any atom is 0.269 e.